The Morgan fingerprint density at radius 2 is 1.67 bits per heavy atom. The highest BCUT2D eigenvalue weighted by Gasteiger charge is 2.13. The maximum absolute atomic E-state index is 13.8. The molecule has 0 aromatic heterocycles. The van der Waals surface area contributed by atoms with Gasteiger partial charge in [-0.1, -0.05) is 40.7 Å². The van der Waals surface area contributed by atoms with Gasteiger partial charge < -0.3 is 0 Å². The van der Waals surface area contributed by atoms with E-state index < -0.39 is 0 Å². The van der Waals surface area contributed by atoms with Crippen LogP contribution in [0.25, 0.3) is 0 Å². The number of rotatable bonds is 3. The lowest BCUT2D eigenvalue weighted by atomic mass is 9.90. The van der Waals surface area contributed by atoms with E-state index >= 15 is 0 Å². The van der Waals surface area contributed by atoms with E-state index in [2.05, 4.69) is 33.8 Å². The summed E-state index contributed by atoms with van der Waals surface area (Å²) in [5, 5.41) is 0. The molecule has 0 N–H and O–H groups in total. The largest absolute Gasteiger partial charge is 0.207 e. The quantitative estimate of drug-likeness (QED) is 0.679. The van der Waals surface area contributed by atoms with Crippen molar-refractivity contribution < 1.29 is 4.39 Å². The van der Waals surface area contributed by atoms with E-state index in [4.69, 9.17) is 0 Å². The third-order valence-corrected chi connectivity index (χ3v) is 2.89. The maximum atomic E-state index is 13.8. The molecule has 0 aliphatic heterocycles. The molecule has 0 fully saturated rings. The van der Waals surface area contributed by atoms with Crippen LogP contribution in [0.3, 0.4) is 0 Å². The maximum Gasteiger partial charge on any atom is 0.126 e. The Bertz CT molecular complexity index is 337. The highest BCUT2D eigenvalue weighted by Crippen LogP contribution is 2.27. The van der Waals surface area contributed by atoms with E-state index in [-0.39, 0.29) is 5.82 Å². The summed E-state index contributed by atoms with van der Waals surface area (Å²) in [6.45, 7) is 10.5. The molecule has 0 spiro atoms. The summed E-state index contributed by atoms with van der Waals surface area (Å²) in [6, 6.07) is 3.85. The van der Waals surface area contributed by atoms with E-state index in [0.29, 0.717) is 11.8 Å². The van der Waals surface area contributed by atoms with Gasteiger partial charge in [-0.15, -0.1) is 0 Å². The van der Waals surface area contributed by atoms with Gasteiger partial charge in [-0.25, -0.2) is 4.39 Å². The van der Waals surface area contributed by atoms with Crippen LogP contribution < -0.4 is 0 Å². The van der Waals surface area contributed by atoms with Gasteiger partial charge in [-0.2, -0.15) is 0 Å². The molecule has 84 valence electrons. The second kappa shape index (κ2) is 4.78. The molecule has 1 aromatic carbocycles. The topological polar surface area (TPSA) is 0 Å². The van der Waals surface area contributed by atoms with Crippen LogP contribution in [0, 0.1) is 5.82 Å². The van der Waals surface area contributed by atoms with Crippen LogP contribution in [-0.4, -0.2) is 0 Å². The molecule has 1 rings (SSSR count). The first-order valence-corrected chi connectivity index (χ1v) is 5.79. The minimum absolute atomic E-state index is 0.0348. The second-order valence-electron chi connectivity index (χ2n) is 4.73. The third kappa shape index (κ3) is 2.58. The monoisotopic (exact) mass is 208 g/mol. The van der Waals surface area contributed by atoms with Crippen molar-refractivity contribution >= 4 is 0 Å². The van der Waals surface area contributed by atoms with E-state index in [1.165, 1.54) is 5.56 Å². The minimum atomic E-state index is -0.0348. The van der Waals surface area contributed by atoms with Crippen LogP contribution in [0.15, 0.2) is 12.1 Å². The lowest BCUT2D eigenvalue weighted by Crippen LogP contribution is -2.02. The Kier molecular flexibility index (Phi) is 3.90. The second-order valence-corrected chi connectivity index (χ2v) is 4.73. The predicted molar refractivity (Wildman–Crippen MR) is 64.0 cm³/mol. The van der Waals surface area contributed by atoms with Crippen LogP contribution in [0.2, 0.25) is 0 Å². The molecule has 1 heteroatoms. The number of benzene rings is 1. The van der Waals surface area contributed by atoms with Gasteiger partial charge in [-0.3, -0.25) is 0 Å². The molecule has 15 heavy (non-hydrogen) atoms. The number of halogens is 1. The average molecular weight is 208 g/mol. The van der Waals surface area contributed by atoms with Crippen molar-refractivity contribution in [2.45, 2.75) is 52.9 Å². The summed E-state index contributed by atoms with van der Waals surface area (Å²) < 4.78 is 13.8. The molecule has 0 saturated carbocycles. The standard InChI is InChI=1S/C14H21F/c1-6-12-13(10(4)5)7-11(9(2)3)8-14(12)15/h7-10H,6H2,1-5H3. The SMILES string of the molecule is CCc1c(F)cc(C(C)C)cc1C(C)C. The average Bonchev–Trinajstić information content (AvgIpc) is 2.16. The van der Waals surface area contributed by atoms with Crippen molar-refractivity contribution in [2.75, 3.05) is 0 Å². The van der Waals surface area contributed by atoms with Crippen LogP contribution in [0.1, 0.15) is 63.1 Å². The zero-order valence-corrected chi connectivity index (χ0v) is 10.4. The number of hydrogen-bond acceptors (Lipinski definition) is 0. The first kappa shape index (κ1) is 12.2. The van der Waals surface area contributed by atoms with E-state index in [0.717, 1.165) is 17.5 Å². The highest BCUT2D eigenvalue weighted by molar-refractivity contribution is 5.36. The third-order valence-electron chi connectivity index (χ3n) is 2.89. The summed E-state index contributed by atoms with van der Waals surface area (Å²) in [5.41, 5.74) is 3.16. The minimum Gasteiger partial charge on any atom is -0.207 e. The van der Waals surface area contributed by atoms with Crippen LogP contribution in [0.5, 0.6) is 0 Å². The molecule has 0 amide bonds. The highest BCUT2D eigenvalue weighted by atomic mass is 19.1. The lowest BCUT2D eigenvalue weighted by Gasteiger charge is -2.16. The Hall–Kier alpha value is -0.850. The predicted octanol–water partition coefficient (Wildman–Crippen LogP) is 4.63. The van der Waals surface area contributed by atoms with E-state index in [1.54, 1.807) is 6.07 Å². The summed E-state index contributed by atoms with van der Waals surface area (Å²) in [7, 11) is 0. The molecule has 0 radical (unpaired) electrons. The van der Waals surface area contributed by atoms with Crippen molar-refractivity contribution in [3.05, 3.63) is 34.6 Å². The van der Waals surface area contributed by atoms with Gasteiger partial charge >= 0.3 is 0 Å². The molecule has 0 heterocycles. The molecule has 0 unspecified atom stereocenters. The van der Waals surface area contributed by atoms with Crippen molar-refractivity contribution in [1.82, 2.24) is 0 Å². The van der Waals surface area contributed by atoms with Crippen molar-refractivity contribution in [3.63, 3.8) is 0 Å². The summed E-state index contributed by atoms with van der Waals surface area (Å²) in [5.74, 6) is 0.753. The fraction of sp³-hybridized carbons (Fsp3) is 0.571. The summed E-state index contributed by atoms with van der Waals surface area (Å²) in [6.07, 6.45) is 0.776. The molecule has 0 aliphatic carbocycles. The van der Waals surface area contributed by atoms with E-state index in [9.17, 15) is 4.39 Å². The molecular weight excluding hydrogens is 187 g/mol. The molecule has 0 saturated heterocycles. The molecule has 0 bridgehead atoms. The Balaban J connectivity index is 3.32. The fourth-order valence-electron chi connectivity index (χ4n) is 1.90. The smallest absolute Gasteiger partial charge is 0.126 e. The lowest BCUT2D eigenvalue weighted by molar-refractivity contribution is 0.600. The van der Waals surface area contributed by atoms with Gasteiger partial charge in [-0.05, 0) is 41.0 Å². The van der Waals surface area contributed by atoms with Crippen molar-refractivity contribution in [1.29, 1.82) is 0 Å². The Morgan fingerprint density at radius 3 is 2.07 bits per heavy atom. The van der Waals surface area contributed by atoms with Gasteiger partial charge in [0.1, 0.15) is 5.82 Å². The van der Waals surface area contributed by atoms with Gasteiger partial charge in [0.05, 0.1) is 0 Å². The normalized spacial score (nSPS) is 11.5. The molecule has 0 atom stereocenters. The zero-order chi connectivity index (χ0) is 11.6. The first-order chi connectivity index (χ1) is 6.97. The Morgan fingerprint density at radius 1 is 1.07 bits per heavy atom. The van der Waals surface area contributed by atoms with Gasteiger partial charge in [0.25, 0.3) is 0 Å². The number of hydrogen-bond donors (Lipinski definition) is 0. The van der Waals surface area contributed by atoms with Crippen molar-refractivity contribution in [2.24, 2.45) is 0 Å². The van der Waals surface area contributed by atoms with Crippen molar-refractivity contribution in [3.8, 4) is 0 Å². The summed E-state index contributed by atoms with van der Waals surface area (Å²) >= 11 is 0. The Labute approximate surface area is 92.5 Å². The fourth-order valence-corrected chi connectivity index (χ4v) is 1.90. The van der Waals surface area contributed by atoms with Gasteiger partial charge in [0.15, 0.2) is 0 Å². The van der Waals surface area contributed by atoms with E-state index in [1.807, 2.05) is 6.92 Å². The zero-order valence-electron chi connectivity index (χ0n) is 10.4. The molecule has 0 nitrogen and oxygen atoms in total. The van der Waals surface area contributed by atoms with Gasteiger partial charge in [0.2, 0.25) is 0 Å². The van der Waals surface area contributed by atoms with Crippen LogP contribution in [-0.2, 0) is 6.42 Å². The molecular formula is C14H21F. The van der Waals surface area contributed by atoms with Crippen LogP contribution >= 0.6 is 0 Å². The van der Waals surface area contributed by atoms with Gasteiger partial charge in [0, 0.05) is 0 Å². The molecule has 1 aromatic rings. The molecule has 0 aliphatic rings. The first-order valence-electron chi connectivity index (χ1n) is 5.79. The summed E-state index contributed by atoms with van der Waals surface area (Å²) in [4.78, 5) is 0. The van der Waals surface area contributed by atoms with Crippen LogP contribution in [0.4, 0.5) is 4.39 Å².